The van der Waals surface area contributed by atoms with Crippen LogP contribution in [0, 0.1) is 11.7 Å². The van der Waals surface area contributed by atoms with Gasteiger partial charge in [0.1, 0.15) is 0 Å². The Bertz CT molecular complexity index is 937. The van der Waals surface area contributed by atoms with Gasteiger partial charge in [0.15, 0.2) is 11.6 Å². The Morgan fingerprint density at radius 2 is 1.85 bits per heavy atom. The molecule has 2 N–H and O–H groups in total. The van der Waals surface area contributed by atoms with Gasteiger partial charge in [-0.25, -0.2) is 4.39 Å². The number of carbonyl (C=O) groups excluding carboxylic acids is 1. The summed E-state index contributed by atoms with van der Waals surface area (Å²) in [6.45, 7) is 3.79. The molecule has 3 atom stereocenters. The Labute approximate surface area is 197 Å². The summed E-state index contributed by atoms with van der Waals surface area (Å²) in [5.74, 6) is 1.86. The summed E-state index contributed by atoms with van der Waals surface area (Å²) >= 11 is 0. The van der Waals surface area contributed by atoms with Gasteiger partial charge in [-0.15, -0.1) is 0 Å². The minimum absolute atomic E-state index is 0.210. The zero-order chi connectivity index (χ0) is 23.4. The molecular weight excluding hydrogens is 415 g/mol. The first-order valence-corrected chi connectivity index (χ1v) is 12.4. The molecule has 4 rings (SSSR count). The van der Waals surface area contributed by atoms with Crippen molar-refractivity contribution in [2.45, 2.75) is 69.7 Å². The summed E-state index contributed by atoms with van der Waals surface area (Å²) in [6, 6.07) is 14.2. The van der Waals surface area contributed by atoms with E-state index in [4.69, 9.17) is 10.5 Å². The lowest BCUT2D eigenvalue weighted by atomic mass is 9.88. The lowest BCUT2D eigenvalue weighted by Gasteiger charge is -2.30. The number of nitrogens with zero attached hydrogens (tertiary/aromatic N) is 1. The fourth-order valence-electron chi connectivity index (χ4n) is 5.55. The summed E-state index contributed by atoms with van der Waals surface area (Å²) in [7, 11) is 1.51. The molecule has 33 heavy (non-hydrogen) atoms. The van der Waals surface area contributed by atoms with Gasteiger partial charge in [-0.2, -0.15) is 0 Å². The second-order valence-corrected chi connectivity index (χ2v) is 10.0. The third-order valence-electron chi connectivity index (χ3n) is 7.67. The van der Waals surface area contributed by atoms with E-state index in [0.29, 0.717) is 29.9 Å². The predicted octanol–water partition coefficient (Wildman–Crippen LogP) is 5.40. The first kappa shape index (κ1) is 23.7. The van der Waals surface area contributed by atoms with Crippen LogP contribution in [0.3, 0.4) is 0 Å². The summed E-state index contributed by atoms with van der Waals surface area (Å²) in [6.07, 6.45) is 7.01. The van der Waals surface area contributed by atoms with Crippen LogP contribution in [-0.4, -0.2) is 37.0 Å². The van der Waals surface area contributed by atoms with Gasteiger partial charge in [-0.1, -0.05) is 37.3 Å². The highest BCUT2D eigenvalue weighted by Gasteiger charge is 2.28. The minimum Gasteiger partial charge on any atom is -0.494 e. The molecule has 0 spiro atoms. The lowest BCUT2D eigenvalue weighted by molar-refractivity contribution is -0.131. The number of hydrogen-bond donors (Lipinski definition) is 1. The maximum atomic E-state index is 13.7. The average molecular weight is 453 g/mol. The van der Waals surface area contributed by atoms with Crippen molar-refractivity contribution < 1.29 is 13.9 Å². The summed E-state index contributed by atoms with van der Waals surface area (Å²) < 4.78 is 18.9. The van der Waals surface area contributed by atoms with E-state index < -0.39 is 0 Å². The number of likely N-dealkylation sites (tertiary alicyclic amines) is 1. The number of carbonyl (C=O) groups is 1. The fraction of sp³-hybridized carbons (Fsp3) is 0.536. The SMILES string of the molecule is COc1cc([C@@H](C)C[C@H]2CC[C@@H](c3ccc(CC(=O)N4CCC(N)CC4)cc3)C2)ccc1F. The number of amides is 1. The zero-order valence-electron chi connectivity index (χ0n) is 19.9. The van der Waals surface area contributed by atoms with Crippen molar-refractivity contribution >= 4 is 5.91 Å². The quantitative estimate of drug-likeness (QED) is 0.612. The molecule has 178 valence electrons. The van der Waals surface area contributed by atoms with E-state index in [1.54, 1.807) is 0 Å². The van der Waals surface area contributed by atoms with Gasteiger partial charge < -0.3 is 15.4 Å². The van der Waals surface area contributed by atoms with Gasteiger partial charge in [0.05, 0.1) is 13.5 Å². The van der Waals surface area contributed by atoms with Crippen molar-refractivity contribution in [2.75, 3.05) is 20.2 Å². The van der Waals surface area contributed by atoms with Gasteiger partial charge in [-0.05, 0) is 85.1 Å². The highest BCUT2D eigenvalue weighted by atomic mass is 19.1. The standard InChI is InChI=1S/C28H37FN2O2/c1-19(23-9-10-26(29)27(18-23)33-2)15-21-5-8-24(16-21)22-6-3-20(4-7-22)17-28(32)31-13-11-25(30)12-14-31/h3-4,6-7,9-10,18-19,21,24-25H,5,8,11-17,30H2,1-2H3/t19-,21+,24+/m0/s1. The van der Waals surface area contributed by atoms with Crippen LogP contribution >= 0.6 is 0 Å². The Balaban J connectivity index is 1.28. The second-order valence-electron chi connectivity index (χ2n) is 10.0. The Morgan fingerprint density at radius 3 is 2.55 bits per heavy atom. The highest BCUT2D eigenvalue weighted by molar-refractivity contribution is 5.78. The van der Waals surface area contributed by atoms with Crippen molar-refractivity contribution in [3.05, 3.63) is 65.0 Å². The van der Waals surface area contributed by atoms with E-state index in [1.807, 2.05) is 17.0 Å². The third-order valence-corrected chi connectivity index (χ3v) is 7.67. The van der Waals surface area contributed by atoms with Crippen molar-refractivity contribution in [3.8, 4) is 5.75 Å². The molecule has 1 aliphatic carbocycles. The minimum atomic E-state index is -0.306. The second kappa shape index (κ2) is 10.7. The van der Waals surface area contributed by atoms with Crippen LogP contribution in [0.2, 0.25) is 0 Å². The molecule has 0 bridgehead atoms. The number of benzene rings is 2. The molecule has 2 aromatic rings. The van der Waals surface area contributed by atoms with E-state index in [2.05, 4.69) is 31.2 Å². The maximum absolute atomic E-state index is 13.7. The molecular formula is C28H37FN2O2. The molecule has 5 heteroatoms. The van der Waals surface area contributed by atoms with E-state index in [1.165, 1.54) is 38.0 Å². The molecule has 0 aromatic heterocycles. The number of ether oxygens (including phenoxy) is 1. The van der Waals surface area contributed by atoms with Crippen LogP contribution in [0.25, 0.3) is 0 Å². The van der Waals surface area contributed by atoms with E-state index >= 15 is 0 Å². The van der Waals surface area contributed by atoms with Crippen LogP contribution in [0.1, 0.15) is 74.0 Å². The number of methoxy groups -OCH3 is 1. The van der Waals surface area contributed by atoms with Gasteiger partial charge >= 0.3 is 0 Å². The largest absolute Gasteiger partial charge is 0.494 e. The molecule has 1 aliphatic heterocycles. The highest BCUT2D eigenvalue weighted by Crippen LogP contribution is 2.42. The van der Waals surface area contributed by atoms with Gasteiger partial charge in [0, 0.05) is 19.1 Å². The molecule has 2 fully saturated rings. The molecule has 2 aliphatic rings. The Kier molecular flexibility index (Phi) is 7.69. The number of rotatable bonds is 7. The average Bonchev–Trinajstić information content (AvgIpc) is 3.28. The first-order chi connectivity index (χ1) is 15.9. The molecule has 0 radical (unpaired) electrons. The summed E-state index contributed by atoms with van der Waals surface area (Å²) in [5, 5.41) is 0. The van der Waals surface area contributed by atoms with Crippen molar-refractivity contribution in [1.82, 2.24) is 4.90 Å². The van der Waals surface area contributed by atoms with Gasteiger partial charge in [0.25, 0.3) is 0 Å². The summed E-state index contributed by atoms with van der Waals surface area (Å²) in [4.78, 5) is 14.5. The van der Waals surface area contributed by atoms with Gasteiger partial charge in [-0.3, -0.25) is 4.79 Å². The van der Waals surface area contributed by atoms with Crippen LogP contribution in [-0.2, 0) is 11.2 Å². The Morgan fingerprint density at radius 1 is 1.12 bits per heavy atom. The van der Waals surface area contributed by atoms with Crippen LogP contribution in [0.4, 0.5) is 4.39 Å². The molecule has 1 saturated heterocycles. The lowest BCUT2D eigenvalue weighted by Crippen LogP contribution is -2.43. The van der Waals surface area contributed by atoms with E-state index in [0.717, 1.165) is 43.5 Å². The summed E-state index contributed by atoms with van der Waals surface area (Å²) in [5.41, 5.74) is 9.57. The predicted molar refractivity (Wildman–Crippen MR) is 130 cm³/mol. The third kappa shape index (κ3) is 5.94. The molecule has 1 heterocycles. The molecule has 1 amide bonds. The topological polar surface area (TPSA) is 55.6 Å². The van der Waals surface area contributed by atoms with Crippen molar-refractivity contribution in [3.63, 3.8) is 0 Å². The smallest absolute Gasteiger partial charge is 0.226 e. The van der Waals surface area contributed by atoms with E-state index in [9.17, 15) is 9.18 Å². The van der Waals surface area contributed by atoms with Crippen LogP contribution in [0.5, 0.6) is 5.75 Å². The number of halogens is 1. The van der Waals surface area contributed by atoms with Crippen LogP contribution in [0.15, 0.2) is 42.5 Å². The Hall–Kier alpha value is -2.40. The molecule has 0 unspecified atom stereocenters. The first-order valence-electron chi connectivity index (χ1n) is 12.4. The normalized spacial score (nSPS) is 22.4. The number of nitrogens with two attached hydrogens (primary N) is 1. The fourth-order valence-corrected chi connectivity index (χ4v) is 5.55. The molecule has 2 aromatic carbocycles. The van der Waals surface area contributed by atoms with Crippen LogP contribution < -0.4 is 10.5 Å². The van der Waals surface area contributed by atoms with E-state index in [-0.39, 0.29) is 17.8 Å². The zero-order valence-corrected chi connectivity index (χ0v) is 19.9. The van der Waals surface area contributed by atoms with Crippen molar-refractivity contribution in [2.24, 2.45) is 11.7 Å². The molecule has 1 saturated carbocycles. The number of hydrogen-bond acceptors (Lipinski definition) is 3. The molecule has 4 nitrogen and oxygen atoms in total. The maximum Gasteiger partial charge on any atom is 0.226 e. The monoisotopic (exact) mass is 452 g/mol. The van der Waals surface area contributed by atoms with Crippen molar-refractivity contribution in [1.29, 1.82) is 0 Å². The number of piperidine rings is 1. The van der Waals surface area contributed by atoms with Gasteiger partial charge in [0.2, 0.25) is 5.91 Å².